The van der Waals surface area contributed by atoms with Gasteiger partial charge < -0.3 is 11.1 Å². The minimum atomic E-state index is -0.607. The van der Waals surface area contributed by atoms with E-state index in [2.05, 4.69) is 5.32 Å². The van der Waals surface area contributed by atoms with Gasteiger partial charge in [0.25, 0.3) is 0 Å². The van der Waals surface area contributed by atoms with Gasteiger partial charge >= 0.3 is 0 Å². The lowest BCUT2D eigenvalue weighted by atomic mass is 9.78. The Morgan fingerprint density at radius 2 is 1.71 bits per heavy atom. The first-order valence-corrected chi connectivity index (χ1v) is 9.00. The van der Waals surface area contributed by atoms with Gasteiger partial charge in [-0.1, -0.05) is 31.7 Å². The summed E-state index contributed by atoms with van der Waals surface area (Å²) in [6, 6.07) is 3.99. The Bertz CT molecular complexity index is 522. The van der Waals surface area contributed by atoms with E-state index in [9.17, 15) is 13.6 Å². The third-order valence-electron chi connectivity index (χ3n) is 5.04. The summed E-state index contributed by atoms with van der Waals surface area (Å²) < 4.78 is 28.5. The van der Waals surface area contributed by atoms with Crippen molar-refractivity contribution in [2.24, 2.45) is 5.73 Å². The first-order chi connectivity index (χ1) is 11.6. The summed E-state index contributed by atoms with van der Waals surface area (Å²) in [7, 11) is 0. The number of carbonyl (C=O) groups excluding carboxylic acids is 1. The largest absolute Gasteiger partial charge is 0.355 e. The SMILES string of the molecule is NCCCCCCC(=O)NCC1(c2c(F)cccc2F)CCCC1. The molecule has 0 radical (unpaired) electrons. The van der Waals surface area contributed by atoms with Gasteiger partial charge in [0.1, 0.15) is 11.6 Å². The van der Waals surface area contributed by atoms with Gasteiger partial charge in [-0.05, 0) is 44.4 Å². The second-order valence-electron chi connectivity index (χ2n) is 6.81. The van der Waals surface area contributed by atoms with Gasteiger partial charge in [0.05, 0.1) is 0 Å². The lowest BCUT2D eigenvalue weighted by molar-refractivity contribution is -0.121. The van der Waals surface area contributed by atoms with E-state index in [4.69, 9.17) is 5.73 Å². The van der Waals surface area contributed by atoms with Crippen molar-refractivity contribution < 1.29 is 13.6 Å². The van der Waals surface area contributed by atoms with Gasteiger partial charge in [-0.2, -0.15) is 0 Å². The number of rotatable bonds is 9. The highest BCUT2D eigenvalue weighted by Crippen LogP contribution is 2.42. The molecule has 3 nitrogen and oxygen atoms in total. The highest BCUT2D eigenvalue weighted by molar-refractivity contribution is 5.76. The zero-order valence-electron chi connectivity index (χ0n) is 14.3. The summed E-state index contributed by atoms with van der Waals surface area (Å²) >= 11 is 0. The minimum absolute atomic E-state index is 0.0363. The zero-order valence-corrected chi connectivity index (χ0v) is 14.3. The van der Waals surface area contributed by atoms with Crippen LogP contribution < -0.4 is 11.1 Å². The fourth-order valence-electron chi connectivity index (χ4n) is 3.71. The Labute approximate surface area is 143 Å². The van der Waals surface area contributed by atoms with Crippen molar-refractivity contribution in [3.63, 3.8) is 0 Å². The summed E-state index contributed by atoms with van der Waals surface area (Å²) in [5.74, 6) is -1.05. The molecule has 134 valence electrons. The maximum absolute atomic E-state index is 14.2. The molecule has 0 atom stereocenters. The van der Waals surface area contributed by atoms with Crippen LogP contribution >= 0.6 is 0 Å². The van der Waals surface area contributed by atoms with Gasteiger partial charge in [0, 0.05) is 23.9 Å². The molecular formula is C19H28F2N2O. The van der Waals surface area contributed by atoms with E-state index in [0.717, 1.165) is 38.5 Å². The molecule has 0 aromatic heterocycles. The normalized spacial score (nSPS) is 16.3. The molecule has 3 N–H and O–H groups in total. The molecular weight excluding hydrogens is 310 g/mol. The Morgan fingerprint density at radius 1 is 1.08 bits per heavy atom. The van der Waals surface area contributed by atoms with Crippen LogP contribution in [0.1, 0.15) is 63.4 Å². The third-order valence-corrected chi connectivity index (χ3v) is 5.04. The monoisotopic (exact) mass is 338 g/mol. The van der Waals surface area contributed by atoms with Gasteiger partial charge in [0.15, 0.2) is 0 Å². The molecule has 24 heavy (non-hydrogen) atoms. The van der Waals surface area contributed by atoms with Crippen LogP contribution in [0.25, 0.3) is 0 Å². The molecule has 1 aromatic rings. The summed E-state index contributed by atoms with van der Waals surface area (Å²) in [4.78, 5) is 12.1. The van der Waals surface area contributed by atoms with E-state index in [1.807, 2.05) is 0 Å². The number of unbranched alkanes of at least 4 members (excludes halogenated alkanes) is 3. The summed E-state index contributed by atoms with van der Waals surface area (Å²) in [6.45, 7) is 0.995. The lowest BCUT2D eigenvalue weighted by Crippen LogP contribution is -2.40. The number of nitrogens with one attached hydrogen (secondary N) is 1. The van der Waals surface area contributed by atoms with Crippen LogP contribution in [0.4, 0.5) is 8.78 Å². The van der Waals surface area contributed by atoms with Crippen LogP contribution in [0.5, 0.6) is 0 Å². The molecule has 5 heteroatoms. The number of hydrogen-bond donors (Lipinski definition) is 2. The predicted octanol–water partition coefficient (Wildman–Crippen LogP) is 3.80. The molecule has 0 aliphatic heterocycles. The topological polar surface area (TPSA) is 55.1 Å². The van der Waals surface area contributed by atoms with Crippen molar-refractivity contribution in [3.05, 3.63) is 35.4 Å². The van der Waals surface area contributed by atoms with Crippen LogP contribution in [0, 0.1) is 11.6 Å². The molecule has 0 spiro atoms. The Balaban J connectivity index is 1.93. The highest BCUT2D eigenvalue weighted by Gasteiger charge is 2.40. The molecule has 0 saturated heterocycles. The number of carbonyl (C=O) groups is 1. The third kappa shape index (κ3) is 4.76. The lowest BCUT2D eigenvalue weighted by Gasteiger charge is -2.30. The van der Waals surface area contributed by atoms with E-state index >= 15 is 0 Å². The number of benzene rings is 1. The summed E-state index contributed by atoms with van der Waals surface area (Å²) in [5.41, 5.74) is 4.98. The van der Waals surface area contributed by atoms with Crippen LogP contribution in [0.3, 0.4) is 0 Å². The fourth-order valence-corrected chi connectivity index (χ4v) is 3.71. The van der Waals surface area contributed by atoms with Crippen LogP contribution in [0.15, 0.2) is 18.2 Å². The van der Waals surface area contributed by atoms with E-state index in [0.29, 0.717) is 32.4 Å². The second-order valence-corrected chi connectivity index (χ2v) is 6.81. The van der Waals surface area contributed by atoms with E-state index < -0.39 is 17.0 Å². The highest BCUT2D eigenvalue weighted by atomic mass is 19.1. The molecule has 1 aromatic carbocycles. The molecule has 1 aliphatic carbocycles. The Morgan fingerprint density at radius 3 is 2.33 bits per heavy atom. The maximum atomic E-state index is 14.2. The standard InChI is InChI=1S/C19H28F2N2O/c20-15-8-7-9-16(21)18(15)19(11-4-5-12-19)14-23-17(24)10-3-1-2-6-13-22/h7-9H,1-6,10-14,22H2,(H,23,24). The smallest absolute Gasteiger partial charge is 0.220 e. The van der Waals surface area contributed by atoms with Crippen molar-refractivity contribution in [2.45, 2.75) is 63.2 Å². The molecule has 2 rings (SSSR count). The van der Waals surface area contributed by atoms with E-state index in [-0.39, 0.29) is 11.5 Å². The predicted molar refractivity (Wildman–Crippen MR) is 91.7 cm³/mol. The number of hydrogen-bond acceptors (Lipinski definition) is 2. The molecule has 1 amide bonds. The van der Waals surface area contributed by atoms with Gasteiger partial charge in [0.2, 0.25) is 5.91 Å². The molecule has 0 heterocycles. The zero-order chi connectivity index (χ0) is 17.4. The van der Waals surface area contributed by atoms with E-state index in [1.54, 1.807) is 0 Å². The number of nitrogens with two attached hydrogens (primary N) is 1. The number of halogens is 2. The molecule has 1 fully saturated rings. The Hall–Kier alpha value is -1.49. The molecule has 0 unspecified atom stereocenters. The maximum Gasteiger partial charge on any atom is 0.220 e. The van der Waals surface area contributed by atoms with Crippen LogP contribution in [-0.2, 0) is 10.2 Å². The van der Waals surface area contributed by atoms with Gasteiger partial charge in [-0.25, -0.2) is 8.78 Å². The quantitative estimate of drug-likeness (QED) is 0.673. The molecule has 0 bridgehead atoms. The number of amides is 1. The van der Waals surface area contributed by atoms with Gasteiger partial charge in [-0.3, -0.25) is 4.79 Å². The average Bonchev–Trinajstić information content (AvgIpc) is 3.02. The minimum Gasteiger partial charge on any atom is -0.355 e. The summed E-state index contributed by atoms with van der Waals surface area (Å²) in [5, 5.41) is 2.91. The van der Waals surface area contributed by atoms with Crippen molar-refractivity contribution in [1.82, 2.24) is 5.32 Å². The van der Waals surface area contributed by atoms with Crippen molar-refractivity contribution in [2.75, 3.05) is 13.1 Å². The van der Waals surface area contributed by atoms with Gasteiger partial charge in [-0.15, -0.1) is 0 Å². The van der Waals surface area contributed by atoms with Crippen molar-refractivity contribution in [1.29, 1.82) is 0 Å². The van der Waals surface area contributed by atoms with Crippen LogP contribution in [-0.4, -0.2) is 19.0 Å². The average molecular weight is 338 g/mol. The fraction of sp³-hybridized carbons (Fsp3) is 0.632. The molecule has 1 aliphatic rings. The summed E-state index contributed by atoms with van der Waals surface area (Å²) in [6.07, 6.45) is 7.57. The Kier molecular flexibility index (Phi) is 7.16. The molecule has 1 saturated carbocycles. The van der Waals surface area contributed by atoms with E-state index in [1.165, 1.54) is 18.2 Å². The van der Waals surface area contributed by atoms with Crippen molar-refractivity contribution >= 4 is 5.91 Å². The van der Waals surface area contributed by atoms with Crippen molar-refractivity contribution in [3.8, 4) is 0 Å². The van der Waals surface area contributed by atoms with Crippen LogP contribution in [0.2, 0.25) is 0 Å². The second kappa shape index (κ2) is 9.11. The first kappa shape index (κ1) is 18.8. The first-order valence-electron chi connectivity index (χ1n) is 9.00.